The zero-order valence-corrected chi connectivity index (χ0v) is 23.3. The van der Waals surface area contributed by atoms with E-state index in [9.17, 15) is 0 Å². The first-order valence-corrected chi connectivity index (χ1v) is 15.9. The minimum absolute atomic E-state index is 0.396. The number of rotatable bonds is 14. The van der Waals surface area contributed by atoms with E-state index in [1.807, 2.05) is 0 Å². The summed E-state index contributed by atoms with van der Waals surface area (Å²) in [7, 11) is -1.01. The Labute approximate surface area is 215 Å². The van der Waals surface area contributed by atoms with Crippen molar-refractivity contribution in [2.45, 2.75) is 30.3 Å². The molecule has 0 radical (unpaired) electrons. The minimum atomic E-state index is -0.503. The van der Waals surface area contributed by atoms with Crippen LogP contribution in [0.1, 0.15) is 46.9 Å². The van der Waals surface area contributed by atoms with Gasteiger partial charge in [0, 0.05) is 25.0 Å². The van der Waals surface area contributed by atoms with Gasteiger partial charge in [0.15, 0.2) is 19.5 Å². The highest BCUT2D eigenvalue weighted by Crippen LogP contribution is 2.28. The van der Waals surface area contributed by atoms with Gasteiger partial charge >= 0.3 is 0 Å². The number of hydrogen-bond acceptors (Lipinski definition) is 2. The Morgan fingerprint density at radius 1 is 0.429 bits per heavy atom. The van der Waals surface area contributed by atoms with Crippen LogP contribution in [-0.4, -0.2) is 32.7 Å². The summed E-state index contributed by atoms with van der Waals surface area (Å²) >= 11 is 0. The predicted octanol–water partition coefficient (Wildman–Crippen LogP) is 6.01. The fourth-order valence-corrected chi connectivity index (χ4v) is 7.51. The normalized spacial score (nSPS) is 11.9. The van der Waals surface area contributed by atoms with Crippen molar-refractivity contribution >= 4 is 19.5 Å². The highest BCUT2D eigenvalue weighted by Gasteiger charge is 2.14. The molecule has 0 spiro atoms. The van der Waals surface area contributed by atoms with E-state index in [0.717, 1.165) is 26.1 Å². The summed E-state index contributed by atoms with van der Waals surface area (Å²) < 4.78 is 12.3. The summed E-state index contributed by atoms with van der Waals surface area (Å²) in [6.07, 6.45) is 2.05. The van der Waals surface area contributed by atoms with Crippen molar-refractivity contribution in [3.63, 3.8) is 0 Å². The average molecular weight is 497 g/mol. The molecule has 0 atom stereocenters. The molecule has 4 rings (SSSR count). The van der Waals surface area contributed by atoms with Gasteiger partial charge in [-0.05, 0) is 40.8 Å². The van der Waals surface area contributed by atoms with Gasteiger partial charge in [0.05, 0.1) is 0 Å². The molecule has 180 valence electrons. The fraction of sp³-hybridized carbons (Fsp3) is 0.226. The lowest BCUT2D eigenvalue weighted by Crippen LogP contribution is -2.12. The second kappa shape index (κ2) is 14.6. The number of hydrogen-bond donors (Lipinski definition) is 0. The molecule has 4 aromatic carbocycles. The van der Waals surface area contributed by atoms with E-state index in [4.69, 9.17) is 8.85 Å². The van der Waals surface area contributed by atoms with Crippen molar-refractivity contribution in [1.82, 2.24) is 0 Å². The zero-order valence-electron chi connectivity index (χ0n) is 20.5. The van der Waals surface area contributed by atoms with Gasteiger partial charge in [-0.3, -0.25) is 0 Å². The van der Waals surface area contributed by atoms with Crippen molar-refractivity contribution in [3.8, 4) is 0 Å². The quantitative estimate of drug-likeness (QED) is 0.157. The lowest BCUT2D eigenvalue weighted by Gasteiger charge is -2.19. The van der Waals surface area contributed by atoms with Crippen LogP contribution in [-0.2, 0) is 8.85 Å². The predicted molar refractivity (Wildman–Crippen MR) is 152 cm³/mol. The summed E-state index contributed by atoms with van der Waals surface area (Å²) in [5.41, 5.74) is 6.67. The van der Waals surface area contributed by atoms with E-state index in [0.29, 0.717) is 11.8 Å². The van der Waals surface area contributed by atoms with Crippen LogP contribution < -0.4 is 0 Å². The van der Waals surface area contributed by atoms with Gasteiger partial charge in [0.1, 0.15) is 0 Å². The van der Waals surface area contributed by atoms with Gasteiger partial charge in [-0.1, -0.05) is 121 Å². The first-order valence-electron chi connectivity index (χ1n) is 12.8. The molecule has 0 N–H and O–H groups in total. The number of benzene rings is 4. The highest BCUT2D eigenvalue weighted by molar-refractivity contribution is 6.48. The Hall–Kier alpha value is -2.77. The highest BCUT2D eigenvalue weighted by atomic mass is 28.3. The van der Waals surface area contributed by atoms with Crippen LogP contribution >= 0.6 is 0 Å². The van der Waals surface area contributed by atoms with E-state index in [1.165, 1.54) is 27.9 Å². The maximum Gasteiger partial charge on any atom is 0.160 e. The summed E-state index contributed by atoms with van der Waals surface area (Å²) in [6, 6.07) is 43.2. The van der Waals surface area contributed by atoms with Crippen molar-refractivity contribution in [3.05, 3.63) is 144 Å². The molecule has 2 nitrogen and oxygen atoms in total. The van der Waals surface area contributed by atoms with Crippen LogP contribution in [0.25, 0.3) is 0 Å². The third-order valence-electron chi connectivity index (χ3n) is 6.49. The first kappa shape index (κ1) is 25.3. The Morgan fingerprint density at radius 2 is 0.714 bits per heavy atom. The molecule has 0 heterocycles. The molecule has 0 aliphatic carbocycles. The lowest BCUT2D eigenvalue weighted by atomic mass is 9.89. The monoisotopic (exact) mass is 496 g/mol. The van der Waals surface area contributed by atoms with Gasteiger partial charge in [0.25, 0.3) is 0 Å². The van der Waals surface area contributed by atoms with Crippen molar-refractivity contribution < 1.29 is 8.85 Å². The van der Waals surface area contributed by atoms with E-state index in [-0.39, 0.29) is 0 Å². The van der Waals surface area contributed by atoms with Crippen LogP contribution in [0, 0.1) is 0 Å². The molecule has 4 aromatic rings. The van der Waals surface area contributed by atoms with Gasteiger partial charge in [-0.25, -0.2) is 0 Å². The van der Waals surface area contributed by atoms with Crippen LogP contribution in [0.3, 0.4) is 0 Å². The topological polar surface area (TPSA) is 18.5 Å². The van der Waals surface area contributed by atoms with Crippen molar-refractivity contribution in [2.75, 3.05) is 13.2 Å². The van der Waals surface area contributed by atoms with Gasteiger partial charge in [-0.15, -0.1) is 0 Å². The Morgan fingerprint density at radius 3 is 1.00 bits per heavy atom. The van der Waals surface area contributed by atoms with Crippen LogP contribution in [0.4, 0.5) is 0 Å². The third-order valence-corrected chi connectivity index (χ3v) is 9.95. The standard InChI is InChI=1S/C31H36O2Si2/c1-5-13-26(14-6-1)30(27-15-7-2-8-16-27)21-23-32-34-25-35-33-24-22-31(28-17-9-3-10-18-28)29-19-11-4-12-20-29/h1-20,30-31H,21-25,34-35H2. The summed E-state index contributed by atoms with van der Waals surface area (Å²) in [5.74, 6) is 0.792. The fourth-order valence-electron chi connectivity index (χ4n) is 4.66. The van der Waals surface area contributed by atoms with E-state index in [1.54, 1.807) is 0 Å². The molecule has 0 fully saturated rings. The maximum atomic E-state index is 6.17. The lowest BCUT2D eigenvalue weighted by molar-refractivity contribution is 0.311. The minimum Gasteiger partial charge on any atom is -0.424 e. The SMILES string of the molecule is c1ccc(C(CCO[SiH2]C[SiH2]OCCC(c2ccccc2)c2ccccc2)c2ccccc2)cc1. The second-order valence-corrected chi connectivity index (χ2v) is 13.4. The molecule has 0 aliphatic heterocycles. The molecule has 0 bridgehead atoms. The second-order valence-electron chi connectivity index (χ2n) is 8.90. The molecule has 0 saturated carbocycles. The van der Waals surface area contributed by atoms with Crippen LogP contribution in [0.2, 0.25) is 5.67 Å². The molecule has 0 aromatic heterocycles. The Balaban J connectivity index is 1.16. The average Bonchev–Trinajstić information content (AvgIpc) is 2.94. The van der Waals surface area contributed by atoms with Crippen LogP contribution in [0.15, 0.2) is 121 Å². The molecule has 0 amide bonds. The Bertz CT molecular complexity index is 908. The molecular formula is C31H36O2Si2. The van der Waals surface area contributed by atoms with Gasteiger partial charge in [0.2, 0.25) is 0 Å². The molecule has 0 aliphatic rings. The van der Waals surface area contributed by atoms with E-state index < -0.39 is 19.5 Å². The van der Waals surface area contributed by atoms with Gasteiger partial charge < -0.3 is 8.85 Å². The summed E-state index contributed by atoms with van der Waals surface area (Å²) in [4.78, 5) is 0. The van der Waals surface area contributed by atoms with E-state index >= 15 is 0 Å². The molecule has 0 saturated heterocycles. The Kier molecular flexibility index (Phi) is 10.6. The smallest absolute Gasteiger partial charge is 0.160 e. The third kappa shape index (κ3) is 8.15. The molecule has 35 heavy (non-hydrogen) atoms. The summed E-state index contributed by atoms with van der Waals surface area (Å²) in [6.45, 7) is 1.67. The largest absolute Gasteiger partial charge is 0.424 e. The summed E-state index contributed by atoms with van der Waals surface area (Å²) in [5, 5.41) is 0. The molecule has 0 unspecified atom stereocenters. The van der Waals surface area contributed by atoms with Gasteiger partial charge in [-0.2, -0.15) is 0 Å². The van der Waals surface area contributed by atoms with Crippen molar-refractivity contribution in [1.29, 1.82) is 0 Å². The zero-order chi connectivity index (χ0) is 24.0. The first-order chi connectivity index (χ1) is 17.4. The van der Waals surface area contributed by atoms with Crippen molar-refractivity contribution in [2.24, 2.45) is 0 Å². The molecule has 4 heteroatoms. The maximum absolute atomic E-state index is 6.17. The molecular weight excluding hydrogens is 461 g/mol. The van der Waals surface area contributed by atoms with E-state index in [2.05, 4.69) is 121 Å². The van der Waals surface area contributed by atoms with Crippen LogP contribution in [0.5, 0.6) is 0 Å².